The summed E-state index contributed by atoms with van der Waals surface area (Å²) in [5, 5.41) is 0. The molecule has 6 nitrogen and oxygen atoms in total. The van der Waals surface area contributed by atoms with E-state index in [0.29, 0.717) is 18.2 Å². The highest BCUT2D eigenvalue weighted by atomic mass is 32.2. The second kappa shape index (κ2) is 11.8. The van der Waals surface area contributed by atoms with E-state index in [4.69, 9.17) is 4.74 Å². The van der Waals surface area contributed by atoms with Gasteiger partial charge in [-0.1, -0.05) is 44.6 Å². The Morgan fingerprint density at radius 2 is 1.68 bits per heavy atom. The van der Waals surface area contributed by atoms with Crippen molar-refractivity contribution in [3.8, 4) is 11.5 Å². The van der Waals surface area contributed by atoms with Crippen molar-refractivity contribution in [3.05, 3.63) is 81.8 Å². The average Bonchev–Trinajstić information content (AvgIpc) is 2.84. The largest absolute Gasteiger partial charge is 0.457 e. The second-order valence-corrected chi connectivity index (χ2v) is 11.3. The van der Waals surface area contributed by atoms with E-state index >= 15 is 0 Å². The van der Waals surface area contributed by atoms with E-state index < -0.39 is 45.8 Å². The Morgan fingerprint density at radius 3 is 2.17 bits per heavy atom. The molecule has 1 N–H and O–H groups in total. The van der Waals surface area contributed by atoms with Gasteiger partial charge in [0.25, 0.3) is 15.7 Å². The third-order valence-electron chi connectivity index (χ3n) is 6.86. The van der Waals surface area contributed by atoms with Gasteiger partial charge in [0.05, 0.1) is 4.91 Å². The molecule has 0 fully saturated rings. The first-order valence-corrected chi connectivity index (χ1v) is 13.9. The van der Waals surface area contributed by atoms with E-state index in [0.717, 1.165) is 30.4 Å². The van der Waals surface area contributed by atoms with Crippen molar-refractivity contribution in [3.63, 3.8) is 0 Å². The number of ether oxygens (including phenoxy) is 3. The Balaban J connectivity index is 1.99. The number of allylic oxidation sites excluding steroid dienone is 3. The van der Waals surface area contributed by atoms with Crippen LogP contribution in [0.1, 0.15) is 48.9 Å². The molecule has 1 atom stereocenters. The molecule has 0 saturated heterocycles. The number of halogens is 6. The Morgan fingerprint density at radius 1 is 1.02 bits per heavy atom. The highest BCUT2D eigenvalue weighted by molar-refractivity contribution is 7.90. The lowest BCUT2D eigenvalue weighted by Crippen LogP contribution is -2.56. The number of hydrogen-bond acceptors (Lipinski definition) is 5. The van der Waals surface area contributed by atoms with Gasteiger partial charge in [-0.3, -0.25) is 4.55 Å². The molecule has 226 valence electrons. The molecule has 0 bridgehead atoms. The maximum Gasteiger partial charge on any atom is 0.430 e. The van der Waals surface area contributed by atoms with E-state index in [-0.39, 0.29) is 29.1 Å². The third-order valence-corrected chi connectivity index (χ3v) is 7.76. The van der Waals surface area contributed by atoms with Crippen LogP contribution in [0.4, 0.5) is 26.3 Å². The van der Waals surface area contributed by atoms with Crippen LogP contribution in [0.25, 0.3) is 0 Å². The van der Waals surface area contributed by atoms with Gasteiger partial charge in [0, 0.05) is 18.1 Å². The molecular formula is C28H30F6O6S. The normalized spacial score (nSPS) is 18.4. The van der Waals surface area contributed by atoms with E-state index in [2.05, 4.69) is 9.47 Å². The summed E-state index contributed by atoms with van der Waals surface area (Å²) >= 11 is 0. The fourth-order valence-electron chi connectivity index (χ4n) is 4.82. The van der Waals surface area contributed by atoms with Crippen LogP contribution in [-0.2, 0) is 37.0 Å². The summed E-state index contributed by atoms with van der Waals surface area (Å²) in [4.78, 5) is -0.202. The Kier molecular flexibility index (Phi) is 9.38. The first-order chi connectivity index (χ1) is 18.9. The number of methoxy groups -OCH3 is 1. The van der Waals surface area contributed by atoms with E-state index in [9.17, 15) is 39.3 Å². The molecule has 1 aliphatic rings. The van der Waals surface area contributed by atoms with Crippen LogP contribution in [0.3, 0.4) is 0 Å². The molecule has 0 aliphatic heterocycles. The summed E-state index contributed by atoms with van der Waals surface area (Å²) < 4.78 is 131. The number of aryl methyl sites for hydroxylation is 2. The zero-order valence-electron chi connectivity index (χ0n) is 22.7. The van der Waals surface area contributed by atoms with Gasteiger partial charge in [-0.05, 0) is 66.8 Å². The summed E-state index contributed by atoms with van der Waals surface area (Å²) in [6.45, 7) is 4.14. The fraction of sp³-hybridized carbons (Fsp3) is 0.429. The monoisotopic (exact) mass is 608 g/mol. The molecule has 1 unspecified atom stereocenters. The lowest BCUT2D eigenvalue weighted by molar-refractivity contribution is -0.400. The standard InChI is InChI=1S/C28H30F6O6S/c1-5-6-19-16-20(26(27(29,30)31,28(32,33)34)39-17-38-4)7-10-24(19)40-21-8-9-23(18(2)15-21)25(3)13-11-22(12-14-25)41(35,36)37/h7-13,15-16H,5-6,14,17H2,1-4H3,(H,35,36,37). The molecule has 1 aliphatic carbocycles. The second-order valence-electron chi connectivity index (χ2n) is 9.92. The van der Waals surface area contributed by atoms with Crippen molar-refractivity contribution in [2.45, 2.75) is 63.4 Å². The summed E-state index contributed by atoms with van der Waals surface area (Å²) in [7, 11) is -3.42. The molecule has 13 heteroatoms. The van der Waals surface area contributed by atoms with E-state index in [1.54, 1.807) is 38.1 Å². The first-order valence-electron chi connectivity index (χ1n) is 12.4. The fourth-order valence-corrected chi connectivity index (χ4v) is 5.35. The van der Waals surface area contributed by atoms with Gasteiger partial charge in [-0.25, -0.2) is 0 Å². The number of rotatable bonds is 10. The van der Waals surface area contributed by atoms with Gasteiger partial charge < -0.3 is 14.2 Å². The van der Waals surface area contributed by atoms with Crippen LogP contribution in [-0.4, -0.2) is 39.2 Å². The van der Waals surface area contributed by atoms with Crippen molar-refractivity contribution in [1.82, 2.24) is 0 Å². The molecular weight excluding hydrogens is 578 g/mol. The van der Waals surface area contributed by atoms with Crippen LogP contribution < -0.4 is 4.74 Å². The van der Waals surface area contributed by atoms with E-state index in [1.807, 2.05) is 6.92 Å². The number of hydrogen-bond donors (Lipinski definition) is 1. The molecule has 41 heavy (non-hydrogen) atoms. The third kappa shape index (κ3) is 6.63. The van der Waals surface area contributed by atoms with Crippen molar-refractivity contribution in [2.75, 3.05) is 13.9 Å². The average molecular weight is 609 g/mol. The Bertz CT molecular complexity index is 1410. The minimum absolute atomic E-state index is 0.0808. The molecule has 0 heterocycles. The van der Waals surface area contributed by atoms with Crippen LogP contribution in [0.15, 0.2) is 59.5 Å². The highest BCUT2D eigenvalue weighted by Crippen LogP contribution is 2.53. The zero-order valence-corrected chi connectivity index (χ0v) is 23.5. The van der Waals surface area contributed by atoms with Crippen molar-refractivity contribution >= 4 is 10.1 Å². The summed E-state index contributed by atoms with van der Waals surface area (Å²) in [6, 6.07) is 7.54. The molecule has 0 spiro atoms. The van der Waals surface area contributed by atoms with Crippen LogP contribution in [0.2, 0.25) is 0 Å². The van der Waals surface area contributed by atoms with Crippen LogP contribution in [0, 0.1) is 6.92 Å². The predicted octanol–water partition coefficient (Wildman–Crippen LogP) is 7.67. The summed E-state index contributed by atoms with van der Waals surface area (Å²) in [5.74, 6) is 0.375. The Hall–Kier alpha value is -2.87. The first kappa shape index (κ1) is 32.6. The highest BCUT2D eigenvalue weighted by Gasteiger charge is 2.73. The van der Waals surface area contributed by atoms with Gasteiger partial charge in [-0.15, -0.1) is 0 Å². The summed E-state index contributed by atoms with van der Waals surface area (Å²) in [5.41, 5.74) is -4.67. The number of benzene rings is 2. The minimum atomic E-state index is -5.84. The van der Waals surface area contributed by atoms with Gasteiger partial charge in [0.1, 0.15) is 18.3 Å². The predicted molar refractivity (Wildman–Crippen MR) is 139 cm³/mol. The van der Waals surface area contributed by atoms with Crippen molar-refractivity contribution in [1.29, 1.82) is 0 Å². The topological polar surface area (TPSA) is 82.1 Å². The quantitative estimate of drug-likeness (QED) is 0.169. The van der Waals surface area contributed by atoms with Gasteiger partial charge in [0.15, 0.2) is 0 Å². The Labute approximate surface area is 234 Å². The molecule has 3 rings (SSSR count). The maximum absolute atomic E-state index is 14.0. The molecule has 0 saturated carbocycles. The van der Waals surface area contributed by atoms with Gasteiger partial charge in [-0.2, -0.15) is 34.8 Å². The lowest BCUT2D eigenvalue weighted by Gasteiger charge is -2.37. The van der Waals surface area contributed by atoms with Gasteiger partial charge in [0.2, 0.25) is 0 Å². The minimum Gasteiger partial charge on any atom is -0.457 e. The van der Waals surface area contributed by atoms with Crippen LogP contribution in [0.5, 0.6) is 11.5 Å². The lowest BCUT2D eigenvalue weighted by atomic mass is 9.75. The van der Waals surface area contributed by atoms with Crippen molar-refractivity contribution < 1.29 is 53.5 Å². The van der Waals surface area contributed by atoms with E-state index in [1.165, 1.54) is 12.2 Å². The smallest absolute Gasteiger partial charge is 0.430 e. The number of alkyl halides is 6. The van der Waals surface area contributed by atoms with Crippen LogP contribution >= 0.6 is 0 Å². The SMILES string of the molecule is CCCc1cc(C(OCOC)(C(F)(F)F)C(F)(F)F)ccc1Oc1ccc(C2(C)C=CC(S(=O)(=O)O)=CC2)c(C)c1. The molecule has 0 amide bonds. The maximum atomic E-state index is 14.0. The zero-order chi connectivity index (χ0) is 30.9. The molecule has 2 aromatic carbocycles. The molecule has 2 aromatic rings. The van der Waals surface area contributed by atoms with Crippen molar-refractivity contribution in [2.24, 2.45) is 0 Å². The van der Waals surface area contributed by atoms with Gasteiger partial charge >= 0.3 is 12.4 Å². The summed E-state index contributed by atoms with van der Waals surface area (Å²) in [6.07, 6.45) is -6.47. The molecule has 0 radical (unpaired) electrons. The molecule has 0 aromatic heterocycles.